The third-order valence-corrected chi connectivity index (χ3v) is 2.88. The van der Waals surface area contributed by atoms with E-state index in [4.69, 9.17) is 10.00 Å². The van der Waals surface area contributed by atoms with Gasteiger partial charge in [0.1, 0.15) is 18.1 Å². The molecule has 0 saturated carbocycles. The van der Waals surface area contributed by atoms with Crippen LogP contribution in [0.4, 0.5) is 0 Å². The number of carbonyl (C=O) groups is 1. The second-order valence-electron chi connectivity index (χ2n) is 4.29. The van der Waals surface area contributed by atoms with E-state index in [1.54, 1.807) is 24.5 Å². The molecule has 1 heterocycles. The molecular formula is C16H14N2O2. The van der Waals surface area contributed by atoms with Crippen molar-refractivity contribution in [2.24, 2.45) is 0 Å². The van der Waals surface area contributed by atoms with E-state index < -0.39 is 0 Å². The SMILES string of the molecule is N#Cc1cc(C=O)ccc1OCCCc1ccncc1. The molecule has 0 aliphatic rings. The molecule has 1 aromatic carbocycles. The maximum absolute atomic E-state index is 10.6. The zero-order valence-corrected chi connectivity index (χ0v) is 11.0. The number of hydrogen-bond acceptors (Lipinski definition) is 4. The molecule has 20 heavy (non-hydrogen) atoms. The highest BCUT2D eigenvalue weighted by atomic mass is 16.5. The molecule has 0 radical (unpaired) electrons. The minimum atomic E-state index is 0.388. The summed E-state index contributed by atoms with van der Waals surface area (Å²) in [5, 5.41) is 9.02. The Morgan fingerprint density at radius 2 is 2.05 bits per heavy atom. The standard InChI is InChI=1S/C16H14N2O2/c17-11-15-10-14(12-19)3-4-16(15)20-9-1-2-13-5-7-18-8-6-13/h3-8,10,12H,1-2,9H2. The predicted molar refractivity (Wildman–Crippen MR) is 74.6 cm³/mol. The zero-order chi connectivity index (χ0) is 14.2. The van der Waals surface area contributed by atoms with Gasteiger partial charge < -0.3 is 4.74 Å². The molecule has 0 aliphatic carbocycles. The Bertz CT molecular complexity index is 618. The van der Waals surface area contributed by atoms with E-state index in [2.05, 4.69) is 4.98 Å². The van der Waals surface area contributed by atoms with Crippen LogP contribution in [0.25, 0.3) is 0 Å². The van der Waals surface area contributed by atoms with Gasteiger partial charge in [-0.05, 0) is 48.7 Å². The number of carbonyl (C=O) groups excluding carboxylic acids is 1. The second-order valence-corrected chi connectivity index (χ2v) is 4.29. The van der Waals surface area contributed by atoms with Gasteiger partial charge in [-0.3, -0.25) is 9.78 Å². The van der Waals surface area contributed by atoms with Gasteiger partial charge in [0.25, 0.3) is 0 Å². The number of nitrogens with zero attached hydrogens (tertiary/aromatic N) is 2. The van der Waals surface area contributed by atoms with Crippen molar-refractivity contribution in [2.75, 3.05) is 6.61 Å². The monoisotopic (exact) mass is 266 g/mol. The summed E-state index contributed by atoms with van der Waals surface area (Å²) in [6.07, 6.45) is 6.00. The third-order valence-electron chi connectivity index (χ3n) is 2.88. The number of aromatic nitrogens is 1. The topological polar surface area (TPSA) is 63.0 Å². The van der Waals surface area contributed by atoms with Gasteiger partial charge in [0.15, 0.2) is 0 Å². The number of pyridine rings is 1. The van der Waals surface area contributed by atoms with Crippen LogP contribution in [-0.4, -0.2) is 17.9 Å². The fourth-order valence-electron chi connectivity index (χ4n) is 1.84. The summed E-state index contributed by atoms with van der Waals surface area (Å²) in [6.45, 7) is 0.525. The number of nitriles is 1. The molecule has 2 aromatic rings. The van der Waals surface area contributed by atoms with E-state index in [1.165, 1.54) is 11.6 Å². The van der Waals surface area contributed by atoms with Gasteiger partial charge >= 0.3 is 0 Å². The van der Waals surface area contributed by atoms with Crippen molar-refractivity contribution in [1.82, 2.24) is 4.98 Å². The first-order valence-corrected chi connectivity index (χ1v) is 6.34. The number of benzene rings is 1. The van der Waals surface area contributed by atoms with Crippen molar-refractivity contribution in [3.05, 3.63) is 59.4 Å². The molecule has 0 N–H and O–H groups in total. The van der Waals surface area contributed by atoms with Crippen LogP contribution in [0.3, 0.4) is 0 Å². The summed E-state index contributed by atoms with van der Waals surface area (Å²) in [7, 11) is 0. The van der Waals surface area contributed by atoms with Crippen LogP contribution in [0, 0.1) is 11.3 Å². The van der Waals surface area contributed by atoms with Crippen LogP contribution in [0.2, 0.25) is 0 Å². The lowest BCUT2D eigenvalue weighted by Gasteiger charge is -2.08. The van der Waals surface area contributed by atoms with Gasteiger partial charge in [0, 0.05) is 18.0 Å². The number of aldehydes is 1. The average Bonchev–Trinajstić information content (AvgIpc) is 2.52. The van der Waals surface area contributed by atoms with E-state index in [0.717, 1.165) is 12.8 Å². The van der Waals surface area contributed by atoms with Gasteiger partial charge in [0.2, 0.25) is 0 Å². The van der Waals surface area contributed by atoms with Gasteiger partial charge in [-0.25, -0.2) is 0 Å². The van der Waals surface area contributed by atoms with Crippen LogP contribution < -0.4 is 4.74 Å². The van der Waals surface area contributed by atoms with E-state index in [1.807, 2.05) is 18.2 Å². The number of ether oxygens (including phenoxy) is 1. The largest absolute Gasteiger partial charge is 0.492 e. The van der Waals surface area contributed by atoms with Crippen LogP contribution in [0.15, 0.2) is 42.7 Å². The summed E-state index contributed by atoms with van der Waals surface area (Å²) in [5.41, 5.74) is 2.07. The molecule has 100 valence electrons. The normalized spacial score (nSPS) is 9.75. The lowest BCUT2D eigenvalue weighted by molar-refractivity contribution is 0.112. The van der Waals surface area contributed by atoms with Crippen molar-refractivity contribution in [3.63, 3.8) is 0 Å². The third kappa shape index (κ3) is 3.66. The first-order chi connectivity index (χ1) is 9.83. The Kier molecular flexibility index (Phi) is 4.85. The Labute approximate surface area is 117 Å². The lowest BCUT2D eigenvalue weighted by atomic mass is 10.1. The Hall–Kier alpha value is -2.67. The fourth-order valence-corrected chi connectivity index (χ4v) is 1.84. The van der Waals surface area contributed by atoms with Crippen molar-refractivity contribution in [1.29, 1.82) is 5.26 Å². The quantitative estimate of drug-likeness (QED) is 0.595. The summed E-state index contributed by atoms with van der Waals surface area (Å²) < 4.78 is 5.60. The maximum atomic E-state index is 10.6. The van der Waals surface area contributed by atoms with Crippen LogP contribution in [0.1, 0.15) is 27.9 Å². The van der Waals surface area contributed by atoms with E-state index in [-0.39, 0.29) is 0 Å². The second kappa shape index (κ2) is 7.05. The van der Waals surface area contributed by atoms with Crippen molar-refractivity contribution in [2.45, 2.75) is 12.8 Å². The van der Waals surface area contributed by atoms with Gasteiger partial charge in [-0.2, -0.15) is 5.26 Å². The first kappa shape index (κ1) is 13.8. The average molecular weight is 266 g/mol. The van der Waals surface area contributed by atoms with E-state index in [9.17, 15) is 4.79 Å². The highest BCUT2D eigenvalue weighted by molar-refractivity contribution is 5.76. The van der Waals surface area contributed by atoms with Gasteiger partial charge in [-0.1, -0.05) is 0 Å². The molecule has 0 atom stereocenters. The van der Waals surface area contributed by atoms with Crippen molar-refractivity contribution < 1.29 is 9.53 Å². The predicted octanol–water partition coefficient (Wildman–Crippen LogP) is 2.78. The molecule has 0 fully saturated rings. The molecule has 0 spiro atoms. The molecule has 0 amide bonds. The molecule has 4 heteroatoms. The summed E-state index contributed by atoms with van der Waals surface area (Å²) in [6, 6.07) is 10.8. The fraction of sp³-hybridized carbons (Fsp3) is 0.188. The molecule has 4 nitrogen and oxygen atoms in total. The molecule has 0 bridgehead atoms. The zero-order valence-electron chi connectivity index (χ0n) is 11.0. The first-order valence-electron chi connectivity index (χ1n) is 6.34. The van der Waals surface area contributed by atoms with Gasteiger partial charge in [-0.15, -0.1) is 0 Å². The molecule has 2 rings (SSSR count). The molecule has 0 unspecified atom stereocenters. The minimum Gasteiger partial charge on any atom is -0.492 e. The maximum Gasteiger partial charge on any atom is 0.150 e. The van der Waals surface area contributed by atoms with Crippen molar-refractivity contribution in [3.8, 4) is 11.8 Å². The highest BCUT2D eigenvalue weighted by Crippen LogP contribution is 2.19. The Balaban J connectivity index is 1.88. The van der Waals surface area contributed by atoms with Crippen molar-refractivity contribution >= 4 is 6.29 Å². The Morgan fingerprint density at radius 1 is 1.25 bits per heavy atom. The summed E-state index contributed by atoms with van der Waals surface area (Å²) in [5.74, 6) is 0.521. The minimum absolute atomic E-state index is 0.388. The molecule has 0 saturated heterocycles. The molecule has 0 aliphatic heterocycles. The smallest absolute Gasteiger partial charge is 0.150 e. The van der Waals surface area contributed by atoms with Crippen LogP contribution >= 0.6 is 0 Å². The van der Waals surface area contributed by atoms with Crippen LogP contribution in [-0.2, 0) is 6.42 Å². The highest BCUT2D eigenvalue weighted by Gasteiger charge is 2.04. The van der Waals surface area contributed by atoms with E-state index in [0.29, 0.717) is 29.8 Å². The van der Waals surface area contributed by atoms with Crippen LogP contribution in [0.5, 0.6) is 5.75 Å². The Morgan fingerprint density at radius 3 is 2.75 bits per heavy atom. The summed E-state index contributed by atoms with van der Waals surface area (Å²) in [4.78, 5) is 14.6. The van der Waals surface area contributed by atoms with E-state index >= 15 is 0 Å². The summed E-state index contributed by atoms with van der Waals surface area (Å²) >= 11 is 0. The molecule has 1 aromatic heterocycles. The number of hydrogen-bond donors (Lipinski definition) is 0. The number of rotatable bonds is 6. The number of aryl methyl sites for hydroxylation is 1. The van der Waals surface area contributed by atoms with Gasteiger partial charge in [0.05, 0.1) is 12.2 Å². The molecular weight excluding hydrogens is 252 g/mol. The lowest BCUT2D eigenvalue weighted by Crippen LogP contribution is -2.01.